The van der Waals surface area contributed by atoms with Crippen LogP contribution in [0.5, 0.6) is 0 Å². The topological polar surface area (TPSA) is 54.5 Å². The fourth-order valence-corrected chi connectivity index (χ4v) is 2.48. The largest absolute Gasteiger partial charge is 0.339 e. The maximum atomic E-state index is 14.0. The van der Waals surface area contributed by atoms with E-state index in [1.165, 1.54) is 11.9 Å². The summed E-state index contributed by atoms with van der Waals surface area (Å²) in [6, 6.07) is 0.890. The maximum absolute atomic E-state index is 14.0. The Hall–Kier alpha value is -1.21. The quantitative estimate of drug-likeness (QED) is 0.800. The Morgan fingerprint density at radius 3 is 2.40 bits per heavy atom. The van der Waals surface area contributed by atoms with E-state index in [1.807, 2.05) is 6.92 Å². The molecule has 0 aliphatic carbocycles. The van der Waals surface area contributed by atoms with Crippen molar-refractivity contribution >= 4 is 25.6 Å². The predicted molar refractivity (Wildman–Crippen MR) is 71.2 cm³/mol. The zero-order valence-corrected chi connectivity index (χ0v) is 12.7. The number of carbonyl (C=O) groups is 1. The first-order chi connectivity index (χ1) is 9.09. The van der Waals surface area contributed by atoms with Crippen LogP contribution >= 0.6 is 10.7 Å². The highest BCUT2D eigenvalue weighted by molar-refractivity contribution is 8.13. The standard InChI is InChI=1S/C12H14ClF2NO3S/c1-4-7(2)16(3)12(17)9-5-8(14)6-10(11(9)15)20(13,18)19/h5-7H,4H2,1-3H3. The van der Waals surface area contributed by atoms with Gasteiger partial charge in [0.25, 0.3) is 15.0 Å². The SMILES string of the molecule is CCC(C)N(C)C(=O)c1cc(F)cc(S(=O)(=O)Cl)c1F. The van der Waals surface area contributed by atoms with Crippen LogP contribution < -0.4 is 0 Å². The zero-order chi connectivity index (χ0) is 15.7. The first-order valence-electron chi connectivity index (χ1n) is 5.80. The Balaban J connectivity index is 3.40. The van der Waals surface area contributed by atoms with Crippen molar-refractivity contribution in [2.24, 2.45) is 0 Å². The summed E-state index contributed by atoms with van der Waals surface area (Å²) in [5.41, 5.74) is -0.660. The van der Waals surface area contributed by atoms with Gasteiger partial charge in [0.2, 0.25) is 0 Å². The molecule has 4 nitrogen and oxygen atoms in total. The minimum absolute atomic E-state index is 0.207. The van der Waals surface area contributed by atoms with E-state index >= 15 is 0 Å². The molecule has 0 radical (unpaired) electrons. The van der Waals surface area contributed by atoms with Gasteiger partial charge in [-0.1, -0.05) is 6.92 Å². The molecule has 1 aromatic carbocycles. The van der Waals surface area contributed by atoms with Gasteiger partial charge in [-0.3, -0.25) is 4.79 Å². The third kappa shape index (κ3) is 3.46. The number of amides is 1. The van der Waals surface area contributed by atoms with Crippen LogP contribution in [-0.4, -0.2) is 32.3 Å². The highest BCUT2D eigenvalue weighted by Gasteiger charge is 2.26. The molecule has 0 saturated carbocycles. The minimum Gasteiger partial charge on any atom is -0.339 e. The van der Waals surface area contributed by atoms with E-state index in [1.54, 1.807) is 6.92 Å². The molecule has 0 aliphatic rings. The summed E-state index contributed by atoms with van der Waals surface area (Å²) >= 11 is 0. The normalized spacial score (nSPS) is 13.1. The van der Waals surface area contributed by atoms with Gasteiger partial charge in [-0.05, 0) is 25.5 Å². The Morgan fingerprint density at radius 2 is 1.95 bits per heavy atom. The van der Waals surface area contributed by atoms with Crippen LogP contribution in [-0.2, 0) is 9.05 Å². The summed E-state index contributed by atoms with van der Waals surface area (Å²) in [6.45, 7) is 3.55. The van der Waals surface area contributed by atoms with Crippen LogP contribution in [0.1, 0.15) is 30.6 Å². The number of halogens is 3. The fraction of sp³-hybridized carbons (Fsp3) is 0.417. The molecule has 20 heavy (non-hydrogen) atoms. The van der Waals surface area contributed by atoms with Crippen LogP contribution in [0.3, 0.4) is 0 Å². The van der Waals surface area contributed by atoms with Crippen molar-refractivity contribution in [2.75, 3.05) is 7.05 Å². The third-order valence-electron chi connectivity index (χ3n) is 3.07. The summed E-state index contributed by atoms with van der Waals surface area (Å²) < 4.78 is 49.8. The predicted octanol–water partition coefficient (Wildman–Crippen LogP) is 2.76. The van der Waals surface area contributed by atoms with E-state index in [4.69, 9.17) is 10.7 Å². The number of benzene rings is 1. The summed E-state index contributed by atoms with van der Waals surface area (Å²) in [6.07, 6.45) is 0.611. The minimum atomic E-state index is -4.48. The summed E-state index contributed by atoms with van der Waals surface area (Å²) in [4.78, 5) is 12.2. The highest BCUT2D eigenvalue weighted by Crippen LogP contribution is 2.24. The Morgan fingerprint density at radius 1 is 1.40 bits per heavy atom. The van der Waals surface area contributed by atoms with Gasteiger partial charge in [0.1, 0.15) is 10.7 Å². The molecule has 0 fully saturated rings. The Kier molecular flexibility index (Phi) is 5.10. The molecule has 0 bridgehead atoms. The second-order valence-electron chi connectivity index (χ2n) is 4.38. The third-order valence-corrected chi connectivity index (χ3v) is 4.39. The van der Waals surface area contributed by atoms with Gasteiger partial charge in [-0.15, -0.1) is 0 Å². The molecule has 0 aliphatic heterocycles. The van der Waals surface area contributed by atoms with Crippen molar-refractivity contribution in [1.82, 2.24) is 4.90 Å². The van der Waals surface area contributed by atoms with E-state index < -0.39 is 37.1 Å². The van der Waals surface area contributed by atoms with E-state index in [2.05, 4.69) is 0 Å². The number of hydrogen-bond donors (Lipinski definition) is 0. The number of hydrogen-bond acceptors (Lipinski definition) is 3. The molecule has 0 saturated heterocycles. The molecule has 0 spiro atoms. The van der Waals surface area contributed by atoms with Gasteiger partial charge < -0.3 is 4.90 Å². The second kappa shape index (κ2) is 6.05. The van der Waals surface area contributed by atoms with Gasteiger partial charge >= 0.3 is 0 Å². The number of carbonyl (C=O) groups excluding carboxylic acids is 1. The molecule has 0 N–H and O–H groups in total. The van der Waals surface area contributed by atoms with Crippen LogP contribution in [0.2, 0.25) is 0 Å². The molecule has 1 aromatic rings. The first kappa shape index (κ1) is 16.8. The maximum Gasteiger partial charge on any atom is 0.264 e. The number of nitrogens with zero attached hydrogens (tertiary/aromatic N) is 1. The molecule has 1 rings (SSSR count). The van der Waals surface area contributed by atoms with Crippen LogP contribution in [0, 0.1) is 11.6 Å². The Bertz CT molecular complexity index is 634. The lowest BCUT2D eigenvalue weighted by molar-refractivity contribution is 0.0734. The molecule has 1 amide bonds. The summed E-state index contributed by atoms with van der Waals surface area (Å²) in [5, 5.41) is 0. The van der Waals surface area contributed by atoms with Crippen LogP contribution in [0.4, 0.5) is 8.78 Å². The molecule has 1 atom stereocenters. The number of rotatable bonds is 4. The van der Waals surface area contributed by atoms with E-state index in [0.29, 0.717) is 18.6 Å². The second-order valence-corrected chi connectivity index (χ2v) is 6.91. The molecule has 112 valence electrons. The van der Waals surface area contributed by atoms with Gasteiger partial charge in [0, 0.05) is 23.8 Å². The molecular formula is C12H14ClF2NO3S. The van der Waals surface area contributed by atoms with E-state index in [-0.39, 0.29) is 6.04 Å². The average Bonchev–Trinajstić information content (AvgIpc) is 2.37. The van der Waals surface area contributed by atoms with Gasteiger partial charge in [0.05, 0.1) is 5.56 Å². The average molecular weight is 326 g/mol. The van der Waals surface area contributed by atoms with Crippen molar-refractivity contribution in [3.8, 4) is 0 Å². The zero-order valence-electron chi connectivity index (χ0n) is 11.2. The van der Waals surface area contributed by atoms with Crippen LogP contribution in [0.15, 0.2) is 17.0 Å². The fourth-order valence-electron chi connectivity index (χ4n) is 1.56. The van der Waals surface area contributed by atoms with Crippen molar-refractivity contribution in [2.45, 2.75) is 31.2 Å². The lowest BCUT2D eigenvalue weighted by Crippen LogP contribution is -2.35. The highest BCUT2D eigenvalue weighted by atomic mass is 35.7. The summed E-state index contributed by atoms with van der Waals surface area (Å²) in [5.74, 6) is -3.20. The smallest absolute Gasteiger partial charge is 0.264 e. The molecule has 1 unspecified atom stereocenters. The monoisotopic (exact) mass is 325 g/mol. The van der Waals surface area contributed by atoms with Crippen molar-refractivity contribution in [3.63, 3.8) is 0 Å². The van der Waals surface area contributed by atoms with Crippen molar-refractivity contribution in [1.29, 1.82) is 0 Å². The molecule has 0 heterocycles. The van der Waals surface area contributed by atoms with E-state index in [9.17, 15) is 22.0 Å². The lowest BCUT2D eigenvalue weighted by atomic mass is 10.1. The lowest BCUT2D eigenvalue weighted by Gasteiger charge is -2.24. The molecule has 8 heteroatoms. The van der Waals surface area contributed by atoms with Gasteiger partial charge in [-0.25, -0.2) is 17.2 Å². The summed E-state index contributed by atoms with van der Waals surface area (Å²) in [7, 11) is 1.97. The Labute approximate surface area is 120 Å². The van der Waals surface area contributed by atoms with Gasteiger partial charge in [0.15, 0.2) is 5.82 Å². The van der Waals surface area contributed by atoms with E-state index in [0.717, 1.165) is 0 Å². The molecular weight excluding hydrogens is 312 g/mol. The first-order valence-corrected chi connectivity index (χ1v) is 8.11. The van der Waals surface area contributed by atoms with Crippen LogP contribution in [0.25, 0.3) is 0 Å². The van der Waals surface area contributed by atoms with Crippen molar-refractivity contribution in [3.05, 3.63) is 29.3 Å². The molecule has 0 aromatic heterocycles. The van der Waals surface area contributed by atoms with Gasteiger partial charge in [-0.2, -0.15) is 0 Å². The van der Waals surface area contributed by atoms with Crippen molar-refractivity contribution < 1.29 is 22.0 Å².